The third kappa shape index (κ3) is 4.19. The Morgan fingerprint density at radius 1 is 1.03 bits per heavy atom. The van der Waals surface area contributed by atoms with Crippen LogP contribution < -0.4 is 10.2 Å². The van der Waals surface area contributed by atoms with E-state index in [0.29, 0.717) is 6.54 Å². The van der Waals surface area contributed by atoms with E-state index in [-0.39, 0.29) is 28.6 Å². The number of nitrogens with one attached hydrogen (secondary N) is 1. The molecule has 2 aliphatic rings. The Balaban J connectivity index is 1.52. The lowest BCUT2D eigenvalue weighted by Gasteiger charge is -2.40. The van der Waals surface area contributed by atoms with Gasteiger partial charge in [-0.2, -0.15) is 0 Å². The molecule has 2 aromatic rings. The average molecular weight is 414 g/mol. The fourth-order valence-electron chi connectivity index (χ4n) is 4.63. The summed E-state index contributed by atoms with van der Waals surface area (Å²) in [5, 5.41) is 3.04. The van der Waals surface area contributed by atoms with Crippen molar-refractivity contribution in [2.24, 2.45) is 0 Å². The molecule has 0 aliphatic carbocycles. The van der Waals surface area contributed by atoms with E-state index in [1.807, 2.05) is 32.9 Å². The highest BCUT2D eigenvalue weighted by Crippen LogP contribution is 2.47. The van der Waals surface area contributed by atoms with Crippen LogP contribution >= 0.6 is 0 Å². The number of fused-ring (bicyclic) bond motifs is 2. The third-order valence-electron chi connectivity index (χ3n) is 6.14. The molecule has 0 unspecified atom stereocenters. The molecule has 2 heterocycles. The van der Waals surface area contributed by atoms with Gasteiger partial charge in [0, 0.05) is 29.7 Å². The molecular formula is C24H29F2N3O. The number of likely N-dealkylation sites (tertiary alicyclic amines) is 1. The standard InChI is InChI=1S/C24H29F2N3O/c1-23(2,3)27-22(30)29-16-24(20-14-19(26)8-9-21(20)29)10-12-28(13-11-24)15-17-4-6-18(25)7-5-17/h4-9,14H,10-13,15-16H2,1-3H3,(H,27,30). The summed E-state index contributed by atoms with van der Waals surface area (Å²) in [6, 6.07) is 11.2. The maximum Gasteiger partial charge on any atom is 0.322 e. The molecule has 1 fully saturated rings. The van der Waals surface area contributed by atoms with Crippen molar-refractivity contribution in [2.45, 2.75) is 51.1 Å². The smallest absolute Gasteiger partial charge is 0.322 e. The number of piperidine rings is 1. The minimum absolute atomic E-state index is 0.138. The predicted octanol–water partition coefficient (Wildman–Crippen LogP) is 4.83. The number of carbonyl (C=O) groups excluding carboxylic acids is 1. The number of hydrogen-bond acceptors (Lipinski definition) is 2. The number of nitrogens with zero attached hydrogens (tertiary/aromatic N) is 2. The van der Waals surface area contributed by atoms with Crippen LogP contribution in [0, 0.1) is 11.6 Å². The van der Waals surface area contributed by atoms with E-state index in [9.17, 15) is 13.6 Å². The summed E-state index contributed by atoms with van der Waals surface area (Å²) in [7, 11) is 0. The van der Waals surface area contributed by atoms with Crippen LogP contribution in [0.2, 0.25) is 0 Å². The summed E-state index contributed by atoms with van der Waals surface area (Å²) in [5.74, 6) is -0.491. The summed E-state index contributed by atoms with van der Waals surface area (Å²) < 4.78 is 27.3. The zero-order valence-electron chi connectivity index (χ0n) is 17.8. The van der Waals surface area contributed by atoms with E-state index in [1.165, 1.54) is 18.2 Å². The number of anilines is 1. The quantitative estimate of drug-likeness (QED) is 0.766. The number of amides is 2. The Kier molecular flexibility index (Phi) is 5.30. The number of rotatable bonds is 2. The van der Waals surface area contributed by atoms with Gasteiger partial charge in [-0.15, -0.1) is 0 Å². The summed E-state index contributed by atoms with van der Waals surface area (Å²) in [5.41, 5.74) is 2.26. The summed E-state index contributed by atoms with van der Waals surface area (Å²) in [6.07, 6.45) is 1.70. The first kappa shape index (κ1) is 20.8. The minimum Gasteiger partial charge on any atom is -0.333 e. The molecule has 2 aliphatic heterocycles. The van der Waals surface area contributed by atoms with Crippen molar-refractivity contribution < 1.29 is 13.6 Å². The second kappa shape index (κ2) is 7.65. The molecule has 0 aromatic heterocycles. The predicted molar refractivity (Wildman–Crippen MR) is 115 cm³/mol. The monoisotopic (exact) mass is 413 g/mol. The zero-order chi connectivity index (χ0) is 21.5. The number of carbonyl (C=O) groups is 1. The van der Waals surface area contributed by atoms with Gasteiger partial charge in [0.15, 0.2) is 0 Å². The largest absolute Gasteiger partial charge is 0.333 e. The van der Waals surface area contributed by atoms with Crippen LogP contribution in [0.1, 0.15) is 44.7 Å². The van der Waals surface area contributed by atoms with Crippen molar-refractivity contribution >= 4 is 11.7 Å². The van der Waals surface area contributed by atoms with Gasteiger partial charge in [-0.1, -0.05) is 12.1 Å². The van der Waals surface area contributed by atoms with Gasteiger partial charge >= 0.3 is 6.03 Å². The van der Waals surface area contributed by atoms with Gasteiger partial charge in [0.25, 0.3) is 0 Å². The van der Waals surface area contributed by atoms with Crippen molar-refractivity contribution in [3.63, 3.8) is 0 Å². The van der Waals surface area contributed by atoms with E-state index in [4.69, 9.17) is 0 Å². The molecule has 0 atom stereocenters. The van der Waals surface area contributed by atoms with Gasteiger partial charge in [-0.3, -0.25) is 9.80 Å². The van der Waals surface area contributed by atoms with Crippen molar-refractivity contribution in [1.29, 1.82) is 0 Å². The Labute approximate surface area is 176 Å². The SMILES string of the molecule is CC(C)(C)NC(=O)N1CC2(CCN(Cc3ccc(F)cc3)CC2)c2cc(F)ccc21. The second-order valence-electron chi connectivity index (χ2n) is 9.61. The van der Waals surface area contributed by atoms with E-state index in [1.54, 1.807) is 17.0 Å². The highest BCUT2D eigenvalue weighted by atomic mass is 19.1. The highest BCUT2D eigenvalue weighted by molar-refractivity contribution is 5.95. The summed E-state index contributed by atoms with van der Waals surface area (Å²) in [4.78, 5) is 17.1. The van der Waals surface area contributed by atoms with Gasteiger partial charge in [0.05, 0.1) is 0 Å². The van der Waals surface area contributed by atoms with Crippen LogP contribution in [0.5, 0.6) is 0 Å². The molecule has 6 heteroatoms. The first-order valence-electron chi connectivity index (χ1n) is 10.5. The van der Waals surface area contributed by atoms with Crippen molar-refractivity contribution in [2.75, 3.05) is 24.5 Å². The minimum atomic E-state index is -0.342. The molecule has 1 spiro atoms. The Bertz CT molecular complexity index is 928. The van der Waals surface area contributed by atoms with Crippen molar-refractivity contribution in [1.82, 2.24) is 10.2 Å². The van der Waals surface area contributed by atoms with Gasteiger partial charge in [-0.05, 0) is 88.2 Å². The number of benzene rings is 2. The number of urea groups is 1. The molecule has 2 amide bonds. The Hall–Kier alpha value is -2.47. The lowest BCUT2D eigenvalue weighted by Crippen LogP contribution is -2.51. The molecule has 0 radical (unpaired) electrons. The molecular weight excluding hydrogens is 384 g/mol. The molecule has 160 valence electrons. The zero-order valence-corrected chi connectivity index (χ0v) is 17.8. The van der Waals surface area contributed by atoms with E-state index in [2.05, 4.69) is 10.2 Å². The highest BCUT2D eigenvalue weighted by Gasteiger charge is 2.46. The molecule has 4 rings (SSSR count). The number of halogens is 2. The van der Waals surface area contributed by atoms with Gasteiger partial charge in [0.1, 0.15) is 11.6 Å². The molecule has 4 nitrogen and oxygen atoms in total. The van der Waals surface area contributed by atoms with Crippen LogP contribution in [0.4, 0.5) is 19.3 Å². The fourth-order valence-corrected chi connectivity index (χ4v) is 4.63. The summed E-state index contributed by atoms with van der Waals surface area (Å²) in [6.45, 7) is 8.89. The van der Waals surface area contributed by atoms with Gasteiger partial charge in [0.2, 0.25) is 0 Å². The Morgan fingerprint density at radius 2 is 1.67 bits per heavy atom. The maximum absolute atomic E-state index is 14.1. The molecule has 2 aromatic carbocycles. The number of hydrogen-bond donors (Lipinski definition) is 1. The second-order valence-corrected chi connectivity index (χ2v) is 9.61. The van der Waals surface area contributed by atoms with Crippen molar-refractivity contribution in [3.05, 3.63) is 65.2 Å². The van der Waals surface area contributed by atoms with Gasteiger partial charge < -0.3 is 5.32 Å². The molecule has 1 N–H and O–H groups in total. The first-order valence-corrected chi connectivity index (χ1v) is 10.5. The molecule has 1 saturated heterocycles. The van der Waals surface area contributed by atoms with E-state index >= 15 is 0 Å². The van der Waals surface area contributed by atoms with Crippen LogP contribution in [0.25, 0.3) is 0 Å². The van der Waals surface area contributed by atoms with Crippen molar-refractivity contribution in [3.8, 4) is 0 Å². The van der Waals surface area contributed by atoms with Crippen LogP contribution in [0.3, 0.4) is 0 Å². The van der Waals surface area contributed by atoms with Crippen LogP contribution in [-0.4, -0.2) is 36.1 Å². The fraction of sp³-hybridized carbons (Fsp3) is 0.458. The average Bonchev–Trinajstić information content (AvgIpc) is 2.98. The molecule has 0 bridgehead atoms. The lowest BCUT2D eigenvalue weighted by molar-refractivity contribution is 0.159. The maximum atomic E-state index is 14.1. The third-order valence-corrected chi connectivity index (χ3v) is 6.14. The van der Waals surface area contributed by atoms with E-state index < -0.39 is 0 Å². The van der Waals surface area contributed by atoms with Gasteiger partial charge in [-0.25, -0.2) is 13.6 Å². The lowest BCUT2D eigenvalue weighted by atomic mass is 9.74. The topological polar surface area (TPSA) is 35.6 Å². The molecule has 30 heavy (non-hydrogen) atoms. The van der Waals surface area contributed by atoms with Crippen LogP contribution in [0.15, 0.2) is 42.5 Å². The Morgan fingerprint density at radius 3 is 2.30 bits per heavy atom. The normalized spacial score (nSPS) is 18.5. The van der Waals surface area contributed by atoms with E-state index in [0.717, 1.165) is 49.3 Å². The van der Waals surface area contributed by atoms with Crippen LogP contribution in [-0.2, 0) is 12.0 Å². The summed E-state index contributed by atoms with van der Waals surface area (Å²) >= 11 is 0. The first-order chi connectivity index (χ1) is 14.2. The molecule has 0 saturated carbocycles.